The first-order chi connectivity index (χ1) is 10.1. The Morgan fingerprint density at radius 2 is 1.81 bits per heavy atom. The molecule has 21 heavy (non-hydrogen) atoms. The number of hydrogen-bond acceptors (Lipinski definition) is 1. The SMILES string of the molecule is COc1ccccc1CC(CCl)Cc1cc(Cl)ccc1F. The van der Waals surface area contributed by atoms with E-state index in [0.29, 0.717) is 22.9 Å². The van der Waals surface area contributed by atoms with Crippen LogP contribution in [0.4, 0.5) is 4.39 Å². The van der Waals surface area contributed by atoms with E-state index >= 15 is 0 Å². The van der Waals surface area contributed by atoms with Gasteiger partial charge < -0.3 is 4.74 Å². The Kier molecular flexibility index (Phi) is 5.89. The first-order valence-corrected chi connectivity index (χ1v) is 7.67. The van der Waals surface area contributed by atoms with Crippen LogP contribution in [0, 0.1) is 11.7 Å². The van der Waals surface area contributed by atoms with Crippen molar-refractivity contribution in [2.75, 3.05) is 13.0 Å². The monoisotopic (exact) mass is 326 g/mol. The molecule has 0 heterocycles. The van der Waals surface area contributed by atoms with Crippen LogP contribution in [0.2, 0.25) is 5.02 Å². The molecule has 112 valence electrons. The number of halogens is 3. The highest BCUT2D eigenvalue weighted by atomic mass is 35.5. The van der Waals surface area contributed by atoms with Crippen LogP contribution >= 0.6 is 23.2 Å². The number of hydrogen-bond donors (Lipinski definition) is 0. The smallest absolute Gasteiger partial charge is 0.126 e. The minimum Gasteiger partial charge on any atom is -0.496 e. The highest BCUT2D eigenvalue weighted by Gasteiger charge is 2.15. The van der Waals surface area contributed by atoms with Gasteiger partial charge >= 0.3 is 0 Å². The van der Waals surface area contributed by atoms with Crippen molar-refractivity contribution in [1.82, 2.24) is 0 Å². The standard InChI is InChI=1S/C17H17Cl2FO/c1-21-17-5-3-2-4-13(17)8-12(11-18)9-14-10-15(19)6-7-16(14)20/h2-7,10,12H,8-9,11H2,1H3. The quantitative estimate of drug-likeness (QED) is 0.669. The fourth-order valence-corrected chi connectivity index (χ4v) is 2.79. The number of ether oxygens (including phenoxy) is 1. The van der Waals surface area contributed by atoms with E-state index in [2.05, 4.69) is 0 Å². The largest absolute Gasteiger partial charge is 0.496 e. The maximum absolute atomic E-state index is 13.8. The van der Waals surface area contributed by atoms with Crippen LogP contribution in [0.25, 0.3) is 0 Å². The highest BCUT2D eigenvalue weighted by Crippen LogP contribution is 2.25. The van der Waals surface area contributed by atoms with Gasteiger partial charge in [0.05, 0.1) is 7.11 Å². The van der Waals surface area contributed by atoms with E-state index in [-0.39, 0.29) is 11.7 Å². The number of rotatable bonds is 6. The first-order valence-electron chi connectivity index (χ1n) is 6.75. The van der Waals surface area contributed by atoms with Crippen molar-refractivity contribution in [3.05, 3.63) is 64.4 Å². The van der Waals surface area contributed by atoms with Gasteiger partial charge in [-0.05, 0) is 54.2 Å². The molecule has 0 N–H and O–H groups in total. The van der Waals surface area contributed by atoms with Crippen molar-refractivity contribution in [1.29, 1.82) is 0 Å². The summed E-state index contributed by atoms with van der Waals surface area (Å²) in [5.41, 5.74) is 1.68. The predicted octanol–water partition coefficient (Wildman–Crippen LogP) is 5.13. The topological polar surface area (TPSA) is 9.23 Å². The first kappa shape index (κ1) is 16.1. The van der Waals surface area contributed by atoms with Gasteiger partial charge in [-0.3, -0.25) is 0 Å². The van der Waals surface area contributed by atoms with Crippen molar-refractivity contribution in [2.24, 2.45) is 5.92 Å². The summed E-state index contributed by atoms with van der Waals surface area (Å²) in [6.07, 6.45) is 1.29. The summed E-state index contributed by atoms with van der Waals surface area (Å²) < 4.78 is 19.2. The van der Waals surface area contributed by atoms with Crippen molar-refractivity contribution in [3.63, 3.8) is 0 Å². The third kappa shape index (κ3) is 4.36. The average Bonchev–Trinajstić information content (AvgIpc) is 2.50. The molecule has 0 amide bonds. The highest BCUT2D eigenvalue weighted by molar-refractivity contribution is 6.30. The van der Waals surface area contributed by atoms with E-state index in [1.807, 2.05) is 24.3 Å². The Hall–Kier alpha value is -1.25. The second kappa shape index (κ2) is 7.67. The van der Waals surface area contributed by atoms with Crippen LogP contribution < -0.4 is 4.74 Å². The van der Waals surface area contributed by atoms with Crippen LogP contribution in [-0.2, 0) is 12.8 Å². The molecule has 2 aromatic carbocycles. The third-order valence-electron chi connectivity index (χ3n) is 3.44. The summed E-state index contributed by atoms with van der Waals surface area (Å²) in [4.78, 5) is 0. The summed E-state index contributed by atoms with van der Waals surface area (Å²) in [5, 5.41) is 0.539. The second-order valence-electron chi connectivity index (χ2n) is 4.98. The summed E-state index contributed by atoms with van der Waals surface area (Å²) in [5.74, 6) is 1.16. The Bertz CT molecular complexity index is 601. The molecule has 0 bridgehead atoms. The van der Waals surface area contributed by atoms with Gasteiger partial charge in [-0.1, -0.05) is 29.8 Å². The zero-order valence-electron chi connectivity index (χ0n) is 11.8. The molecular formula is C17H17Cl2FO. The van der Waals surface area contributed by atoms with E-state index in [0.717, 1.165) is 17.7 Å². The number of methoxy groups -OCH3 is 1. The lowest BCUT2D eigenvalue weighted by Gasteiger charge is -2.16. The normalized spacial score (nSPS) is 12.2. The fourth-order valence-electron chi connectivity index (χ4n) is 2.37. The summed E-state index contributed by atoms with van der Waals surface area (Å²) in [6.45, 7) is 0. The van der Waals surface area contributed by atoms with E-state index < -0.39 is 0 Å². The lowest BCUT2D eigenvalue weighted by atomic mass is 9.93. The Morgan fingerprint density at radius 1 is 1.10 bits per heavy atom. The van der Waals surface area contributed by atoms with E-state index in [9.17, 15) is 4.39 Å². The summed E-state index contributed by atoms with van der Waals surface area (Å²) in [6, 6.07) is 12.4. The van der Waals surface area contributed by atoms with Crippen LogP contribution in [0.15, 0.2) is 42.5 Å². The number of para-hydroxylation sites is 1. The van der Waals surface area contributed by atoms with Gasteiger partial charge in [-0.2, -0.15) is 0 Å². The molecule has 0 aliphatic heterocycles. The molecule has 0 fully saturated rings. The maximum atomic E-state index is 13.8. The molecule has 0 saturated carbocycles. The van der Waals surface area contributed by atoms with Crippen molar-refractivity contribution >= 4 is 23.2 Å². The van der Waals surface area contributed by atoms with Crippen molar-refractivity contribution < 1.29 is 9.13 Å². The molecule has 0 saturated heterocycles. The molecule has 1 unspecified atom stereocenters. The summed E-state index contributed by atoms with van der Waals surface area (Å²) in [7, 11) is 1.64. The maximum Gasteiger partial charge on any atom is 0.126 e. The Balaban J connectivity index is 2.15. The molecule has 1 nitrogen and oxygen atoms in total. The Morgan fingerprint density at radius 3 is 2.52 bits per heavy atom. The van der Waals surface area contributed by atoms with Gasteiger partial charge in [0.15, 0.2) is 0 Å². The van der Waals surface area contributed by atoms with Crippen LogP contribution in [0.3, 0.4) is 0 Å². The van der Waals surface area contributed by atoms with Crippen LogP contribution in [0.1, 0.15) is 11.1 Å². The molecule has 0 radical (unpaired) electrons. The molecular weight excluding hydrogens is 310 g/mol. The third-order valence-corrected chi connectivity index (χ3v) is 4.11. The fraction of sp³-hybridized carbons (Fsp3) is 0.294. The molecule has 0 aliphatic rings. The van der Waals surface area contributed by atoms with Gasteiger partial charge in [0.2, 0.25) is 0 Å². The van der Waals surface area contributed by atoms with Gasteiger partial charge in [-0.25, -0.2) is 4.39 Å². The molecule has 0 spiro atoms. The van der Waals surface area contributed by atoms with Crippen molar-refractivity contribution in [2.45, 2.75) is 12.8 Å². The lowest BCUT2D eigenvalue weighted by Crippen LogP contribution is -2.12. The molecule has 1 atom stereocenters. The van der Waals surface area contributed by atoms with E-state index in [1.54, 1.807) is 19.2 Å². The van der Waals surface area contributed by atoms with E-state index in [1.165, 1.54) is 6.07 Å². The van der Waals surface area contributed by atoms with E-state index in [4.69, 9.17) is 27.9 Å². The zero-order valence-corrected chi connectivity index (χ0v) is 13.3. The number of benzene rings is 2. The Labute approximate surface area is 134 Å². The lowest BCUT2D eigenvalue weighted by molar-refractivity contribution is 0.405. The van der Waals surface area contributed by atoms with Crippen LogP contribution in [-0.4, -0.2) is 13.0 Å². The molecule has 0 aliphatic carbocycles. The number of alkyl halides is 1. The van der Waals surface area contributed by atoms with Gasteiger partial charge in [-0.15, -0.1) is 11.6 Å². The molecule has 2 rings (SSSR count). The molecule has 4 heteroatoms. The zero-order chi connectivity index (χ0) is 15.2. The minimum absolute atomic E-state index is 0.121. The predicted molar refractivity (Wildman–Crippen MR) is 86.0 cm³/mol. The van der Waals surface area contributed by atoms with Gasteiger partial charge in [0.1, 0.15) is 11.6 Å². The second-order valence-corrected chi connectivity index (χ2v) is 5.72. The van der Waals surface area contributed by atoms with Gasteiger partial charge in [0, 0.05) is 10.9 Å². The van der Waals surface area contributed by atoms with Gasteiger partial charge in [0.25, 0.3) is 0 Å². The van der Waals surface area contributed by atoms with Crippen LogP contribution in [0.5, 0.6) is 5.75 Å². The summed E-state index contributed by atoms with van der Waals surface area (Å²) >= 11 is 12.0. The average molecular weight is 327 g/mol. The molecule has 2 aromatic rings. The van der Waals surface area contributed by atoms with Crippen molar-refractivity contribution in [3.8, 4) is 5.75 Å². The molecule has 0 aromatic heterocycles. The minimum atomic E-state index is -0.241.